The van der Waals surface area contributed by atoms with E-state index in [1.807, 2.05) is 24.6 Å². The summed E-state index contributed by atoms with van der Waals surface area (Å²) in [5, 5.41) is 4.31. The Morgan fingerprint density at radius 3 is 2.88 bits per heavy atom. The molecule has 1 heterocycles. The number of hydrogen-bond donors (Lipinski definition) is 1. The number of nitrogens with one attached hydrogen (secondary N) is 1. The zero-order valence-electron chi connectivity index (χ0n) is 10.4. The molecule has 0 fully saturated rings. The average Bonchev–Trinajstić information content (AvgIpc) is 2.79. The number of hydrogen-bond acceptors (Lipinski definition) is 3. The Bertz CT molecular complexity index is 477. The van der Waals surface area contributed by atoms with Crippen LogP contribution < -0.4 is 5.32 Å². The fourth-order valence-electron chi connectivity index (χ4n) is 1.80. The van der Waals surface area contributed by atoms with Crippen LogP contribution >= 0.6 is 11.3 Å². The summed E-state index contributed by atoms with van der Waals surface area (Å²) in [5.74, 6) is 0. The summed E-state index contributed by atoms with van der Waals surface area (Å²) in [6.07, 6.45) is 4.30. The minimum absolute atomic E-state index is 1.07. The standard InChI is InChI=1S/C14H18N2S/c1-11-6-3-4-8-13(11)14-16-10-12(17-14)7-5-9-15-2/h3-4,6,8,10,15H,5,7,9H2,1-2H3. The van der Waals surface area contributed by atoms with Crippen LogP contribution in [0.2, 0.25) is 0 Å². The van der Waals surface area contributed by atoms with Gasteiger partial charge in [-0.15, -0.1) is 11.3 Å². The van der Waals surface area contributed by atoms with E-state index in [0.717, 1.165) is 18.0 Å². The first-order valence-corrected chi connectivity index (χ1v) is 6.78. The van der Waals surface area contributed by atoms with Crippen molar-refractivity contribution in [2.45, 2.75) is 19.8 Å². The van der Waals surface area contributed by atoms with Gasteiger partial charge in [0.1, 0.15) is 5.01 Å². The van der Waals surface area contributed by atoms with E-state index in [-0.39, 0.29) is 0 Å². The maximum Gasteiger partial charge on any atom is 0.123 e. The van der Waals surface area contributed by atoms with Gasteiger partial charge in [0.25, 0.3) is 0 Å². The van der Waals surface area contributed by atoms with Crippen molar-refractivity contribution in [2.24, 2.45) is 0 Å². The summed E-state index contributed by atoms with van der Waals surface area (Å²) in [6.45, 7) is 3.20. The monoisotopic (exact) mass is 246 g/mol. The minimum Gasteiger partial charge on any atom is -0.320 e. The van der Waals surface area contributed by atoms with Crippen LogP contribution in [0.5, 0.6) is 0 Å². The van der Waals surface area contributed by atoms with Gasteiger partial charge in [-0.1, -0.05) is 24.3 Å². The lowest BCUT2D eigenvalue weighted by molar-refractivity contribution is 0.729. The first-order valence-electron chi connectivity index (χ1n) is 5.96. The first kappa shape index (κ1) is 12.3. The number of nitrogens with zero attached hydrogens (tertiary/aromatic N) is 1. The lowest BCUT2D eigenvalue weighted by atomic mass is 10.1. The third-order valence-electron chi connectivity index (χ3n) is 2.78. The van der Waals surface area contributed by atoms with Gasteiger partial charge in [0.2, 0.25) is 0 Å². The summed E-state index contributed by atoms with van der Waals surface area (Å²) >= 11 is 1.81. The number of thiazole rings is 1. The molecule has 2 rings (SSSR count). The Balaban J connectivity index is 2.10. The van der Waals surface area contributed by atoms with Gasteiger partial charge in [0, 0.05) is 16.6 Å². The zero-order valence-corrected chi connectivity index (χ0v) is 11.2. The van der Waals surface area contributed by atoms with Gasteiger partial charge in [-0.3, -0.25) is 0 Å². The predicted octanol–water partition coefficient (Wildman–Crippen LogP) is 3.27. The Kier molecular flexibility index (Phi) is 4.29. The fraction of sp³-hybridized carbons (Fsp3) is 0.357. The lowest BCUT2D eigenvalue weighted by Gasteiger charge is -2.00. The maximum absolute atomic E-state index is 4.52. The molecule has 0 atom stereocenters. The molecule has 0 unspecified atom stereocenters. The minimum atomic E-state index is 1.07. The smallest absolute Gasteiger partial charge is 0.123 e. The molecule has 1 aromatic heterocycles. The molecule has 1 N–H and O–H groups in total. The summed E-state index contributed by atoms with van der Waals surface area (Å²) in [4.78, 5) is 5.90. The third kappa shape index (κ3) is 3.14. The Labute approximate surface area is 107 Å². The number of aryl methyl sites for hydroxylation is 2. The van der Waals surface area contributed by atoms with E-state index >= 15 is 0 Å². The van der Waals surface area contributed by atoms with Gasteiger partial charge in [0.05, 0.1) is 0 Å². The van der Waals surface area contributed by atoms with Gasteiger partial charge in [-0.05, 0) is 38.9 Å². The molecule has 0 bridgehead atoms. The quantitative estimate of drug-likeness (QED) is 0.819. The SMILES string of the molecule is CNCCCc1cnc(-c2ccccc2C)s1. The number of rotatable bonds is 5. The molecule has 2 aromatic rings. The molecule has 0 aliphatic rings. The van der Waals surface area contributed by atoms with Gasteiger partial charge in [0.15, 0.2) is 0 Å². The third-order valence-corrected chi connectivity index (χ3v) is 3.87. The van der Waals surface area contributed by atoms with Crippen LogP contribution in [-0.4, -0.2) is 18.6 Å². The van der Waals surface area contributed by atoms with E-state index in [0.29, 0.717) is 0 Å². The lowest BCUT2D eigenvalue weighted by Crippen LogP contribution is -2.07. The normalized spacial score (nSPS) is 10.7. The molecular formula is C14H18N2S. The van der Waals surface area contributed by atoms with E-state index in [1.54, 1.807) is 0 Å². The predicted molar refractivity (Wildman–Crippen MR) is 74.5 cm³/mol. The van der Waals surface area contributed by atoms with E-state index < -0.39 is 0 Å². The second kappa shape index (κ2) is 5.94. The highest BCUT2D eigenvalue weighted by Gasteiger charge is 2.06. The maximum atomic E-state index is 4.52. The summed E-state index contributed by atoms with van der Waals surface area (Å²) < 4.78 is 0. The molecule has 0 radical (unpaired) electrons. The number of benzene rings is 1. The molecule has 0 spiro atoms. The van der Waals surface area contributed by atoms with Gasteiger partial charge in [-0.25, -0.2) is 4.98 Å². The summed E-state index contributed by atoms with van der Waals surface area (Å²) in [6, 6.07) is 8.42. The van der Waals surface area contributed by atoms with Crippen molar-refractivity contribution in [3.05, 3.63) is 40.9 Å². The molecule has 0 saturated carbocycles. The van der Waals surface area contributed by atoms with Crippen molar-refractivity contribution in [3.63, 3.8) is 0 Å². The zero-order chi connectivity index (χ0) is 12.1. The van der Waals surface area contributed by atoms with Gasteiger partial charge in [-0.2, -0.15) is 0 Å². The van der Waals surface area contributed by atoms with E-state index in [1.165, 1.54) is 22.4 Å². The highest BCUT2D eigenvalue weighted by molar-refractivity contribution is 7.15. The van der Waals surface area contributed by atoms with Crippen LogP contribution in [0, 0.1) is 6.92 Å². The van der Waals surface area contributed by atoms with Crippen molar-refractivity contribution in [1.29, 1.82) is 0 Å². The van der Waals surface area contributed by atoms with Crippen LogP contribution in [0.4, 0.5) is 0 Å². The molecule has 0 saturated heterocycles. The highest BCUT2D eigenvalue weighted by Crippen LogP contribution is 2.28. The van der Waals surface area contributed by atoms with E-state index in [2.05, 4.69) is 41.5 Å². The molecule has 0 aliphatic carbocycles. The second-order valence-electron chi connectivity index (χ2n) is 4.15. The van der Waals surface area contributed by atoms with Crippen molar-refractivity contribution >= 4 is 11.3 Å². The van der Waals surface area contributed by atoms with Crippen LogP contribution in [0.25, 0.3) is 10.6 Å². The van der Waals surface area contributed by atoms with Crippen LogP contribution in [0.1, 0.15) is 16.9 Å². The van der Waals surface area contributed by atoms with Crippen molar-refractivity contribution in [3.8, 4) is 10.6 Å². The van der Waals surface area contributed by atoms with Gasteiger partial charge >= 0.3 is 0 Å². The van der Waals surface area contributed by atoms with Gasteiger partial charge < -0.3 is 5.32 Å². The topological polar surface area (TPSA) is 24.9 Å². The van der Waals surface area contributed by atoms with Crippen LogP contribution in [0.15, 0.2) is 30.5 Å². The first-order chi connectivity index (χ1) is 8.31. The molecule has 1 aromatic carbocycles. The van der Waals surface area contributed by atoms with Crippen molar-refractivity contribution in [1.82, 2.24) is 10.3 Å². The molecule has 2 nitrogen and oxygen atoms in total. The van der Waals surface area contributed by atoms with Crippen molar-refractivity contribution in [2.75, 3.05) is 13.6 Å². The Morgan fingerprint density at radius 2 is 2.12 bits per heavy atom. The molecule has 17 heavy (non-hydrogen) atoms. The largest absolute Gasteiger partial charge is 0.320 e. The summed E-state index contributed by atoms with van der Waals surface area (Å²) in [5.41, 5.74) is 2.56. The van der Waals surface area contributed by atoms with E-state index in [9.17, 15) is 0 Å². The molecule has 0 aliphatic heterocycles. The average molecular weight is 246 g/mol. The summed E-state index contributed by atoms with van der Waals surface area (Å²) in [7, 11) is 1.99. The highest BCUT2D eigenvalue weighted by atomic mass is 32.1. The van der Waals surface area contributed by atoms with Crippen LogP contribution in [0.3, 0.4) is 0 Å². The fourth-order valence-corrected chi connectivity index (χ4v) is 2.84. The Morgan fingerprint density at radius 1 is 1.29 bits per heavy atom. The van der Waals surface area contributed by atoms with E-state index in [4.69, 9.17) is 0 Å². The Hall–Kier alpha value is -1.19. The molecule has 90 valence electrons. The molecule has 3 heteroatoms. The second-order valence-corrected chi connectivity index (χ2v) is 5.27. The number of aromatic nitrogens is 1. The van der Waals surface area contributed by atoms with Crippen molar-refractivity contribution < 1.29 is 0 Å². The molecule has 0 amide bonds. The van der Waals surface area contributed by atoms with Crippen LogP contribution in [-0.2, 0) is 6.42 Å². The molecular weight excluding hydrogens is 228 g/mol.